The maximum Gasteiger partial charge on any atom is 0.293 e. The zero-order chi connectivity index (χ0) is 13.2. The van der Waals surface area contributed by atoms with Gasteiger partial charge in [-0.25, -0.2) is 0 Å². The van der Waals surface area contributed by atoms with E-state index in [1.54, 1.807) is 0 Å². The van der Waals surface area contributed by atoms with E-state index in [2.05, 4.69) is 10.5 Å². The van der Waals surface area contributed by atoms with Crippen LogP contribution in [-0.4, -0.2) is 28.4 Å². The topological polar surface area (TPSA) is 75.4 Å². The molecule has 2 heterocycles. The Bertz CT molecular complexity index is 622. The molecule has 2 amide bonds. The number of amides is 2. The molecule has 1 aromatic heterocycles. The molecule has 19 heavy (non-hydrogen) atoms. The van der Waals surface area contributed by atoms with Crippen molar-refractivity contribution < 1.29 is 14.1 Å². The van der Waals surface area contributed by atoms with Crippen molar-refractivity contribution in [3.63, 3.8) is 0 Å². The van der Waals surface area contributed by atoms with E-state index in [1.165, 1.54) is 17.2 Å². The molecule has 6 nitrogen and oxygen atoms in total. The fourth-order valence-corrected chi connectivity index (χ4v) is 2.03. The average molecular weight is 257 g/mol. The predicted molar refractivity (Wildman–Crippen MR) is 66.3 cm³/mol. The van der Waals surface area contributed by atoms with Crippen molar-refractivity contribution in [3.8, 4) is 0 Å². The van der Waals surface area contributed by atoms with E-state index >= 15 is 0 Å². The van der Waals surface area contributed by atoms with Gasteiger partial charge in [0.2, 0.25) is 11.7 Å². The van der Waals surface area contributed by atoms with Crippen LogP contribution in [0.15, 0.2) is 41.1 Å². The van der Waals surface area contributed by atoms with Crippen molar-refractivity contribution in [2.45, 2.75) is 6.54 Å². The maximum atomic E-state index is 12.2. The second kappa shape index (κ2) is 4.56. The molecule has 1 N–H and O–H groups in total. The normalized spacial score (nSPS) is 14.5. The van der Waals surface area contributed by atoms with E-state index in [4.69, 9.17) is 4.52 Å². The van der Waals surface area contributed by atoms with E-state index in [0.29, 0.717) is 6.54 Å². The van der Waals surface area contributed by atoms with Crippen molar-refractivity contribution >= 4 is 17.5 Å². The van der Waals surface area contributed by atoms with E-state index in [0.717, 1.165) is 11.3 Å². The summed E-state index contributed by atoms with van der Waals surface area (Å²) in [6.07, 6.45) is 1.40. The second-order valence-corrected chi connectivity index (χ2v) is 4.24. The molecule has 0 spiro atoms. The molecule has 0 radical (unpaired) electrons. The highest BCUT2D eigenvalue weighted by Crippen LogP contribution is 2.21. The average Bonchev–Trinajstić information content (AvgIpc) is 2.87. The number of nitrogens with one attached hydrogen (secondary N) is 1. The third-order valence-corrected chi connectivity index (χ3v) is 2.92. The fraction of sp³-hybridized carbons (Fsp3) is 0.154. The Kier molecular flexibility index (Phi) is 2.75. The highest BCUT2D eigenvalue weighted by Gasteiger charge is 2.25. The largest absolute Gasteiger partial charge is 0.351 e. The van der Waals surface area contributed by atoms with Gasteiger partial charge in [-0.05, 0) is 11.6 Å². The summed E-state index contributed by atoms with van der Waals surface area (Å²) in [6, 6.07) is 8.88. The van der Waals surface area contributed by atoms with Crippen LogP contribution in [0.4, 0.5) is 5.69 Å². The third kappa shape index (κ3) is 2.20. The molecular formula is C13H11N3O3. The summed E-state index contributed by atoms with van der Waals surface area (Å²) in [6.45, 7) is 0.350. The Balaban J connectivity index is 1.92. The van der Waals surface area contributed by atoms with Crippen LogP contribution in [0, 0.1) is 0 Å². The van der Waals surface area contributed by atoms with Gasteiger partial charge in [0, 0.05) is 18.3 Å². The summed E-state index contributed by atoms with van der Waals surface area (Å²) in [5.41, 5.74) is 1.63. The minimum atomic E-state index is -0.343. The van der Waals surface area contributed by atoms with Gasteiger partial charge < -0.3 is 14.7 Å². The lowest BCUT2D eigenvalue weighted by Gasteiger charge is -2.17. The first-order valence-corrected chi connectivity index (χ1v) is 5.82. The molecule has 1 aliphatic rings. The fourth-order valence-electron chi connectivity index (χ4n) is 2.03. The highest BCUT2D eigenvalue weighted by atomic mass is 16.5. The van der Waals surface area contributed by atoms with Gasteiger partial charge in [-0.1, -0.05) is 23.4 Å². The number of nitrogens with zero attached hydrogens (tertiary/aromatic N) is 2. The first-order chi connectivity index (χ1) is 9.24. The van der Waals surface area contributed by atoms with E-state index in [1.807, 2.05) is 24.3 Å². The Hall–Kier alpha value is -2.63. The van der Waals surface area contributed by atoms with E-state index in [-0.39, 0.29) is 24.1 Å². The number of fused-ring (bicyclic) bond motifs is 1. The monoisotopic (exact) mass is 257 g/mol. The predicted octanol–water partition coefficient (Wildman–Crippen LogP) is 1.27. The molecule has 0 fully saturated rings. The van der Waals surface area contributed by atoms with Crippen LogP contribution in [0.1, 0.15) is 16.1 Å². The third-order valence-electron chi connectivity index (χ3n) is 2.92. The molecule has 2 aromatic rings. The summed E-state index contributed by atoms with van der Waals surface area (Å²) < 4.78 is 4.84. The lowest BCUT2D eigenvalue weighted by Crippen LogP contribution is -2.35. The summed E-state index contributed by atoms with van der Waals surface area (Å²) in [7, 11) is 0. The van der Waals surface area contributed by atoms with Gasteiger partial charge in [-0.3, -0.25) is 9.59 Å². The van der Waals surface area contributed by atoms with Crippen molar-refractivity contribution in [2.24, 2.45) is 0 Å². The number of rotatable bonds is 1. The summed E-state index contributed by atoms with van der Waals surface area (Å²) >= 11 is 0. The summed E-state index contributed by atoms with van der Waals surface area (Å²) in [4.78, 5) is 25.4. The molecule has 0 saturated carbocycles. The quantitative estimate of drug-likeness (QED) is 0.834. The van der Waals surface area contributed by atoms with Gasteiger partial charge in [0.15, 0.2) is 0 Å². The van der Waals surface area contributed by atoms with Crippen LogP contribution >= 0.6 is 0 Å². The zero-order valence-corrected chi connectivity index (χ0v) is 10.00. The van der Waals surface area contributed by atoms with Crippen molar-refractivity contribution in [3.05, 3.63) is 47.9 Å². The smallest absolute Gasteiger partial charge is 0.293 e. The second-order valence-electron chi connectivity index (χ2n) is 4.24. The van der Waals surface area contributed by atoms with Crippen molar-refractivity contribution in [1.29, 1.82) is 0 Å². The molecule has 0 aliphatic carbocycles. The number of para-hydroxylation sites is 1. The highest BCUT2D eigenvalue weighted by molar-refractivity contribution is 5.99. The first kappa shape index (κ1) is 11.5. The first-order valence-electron chi connectivity index (χ1n) is 5.82. The van der Waals surface area contributed by atoms with Crippen LogP contribution in [0.5, 0.6) is 0 Å². The van der Waals surface area contributed by atoms with E-state index < -0.39 is 0 Å². The van der Waals surface area contributed by atoms with Gasteiger partial charge in [0.05, 0.1) is 6.20 Å². The summed E-state index contributed by atoms with van der Waals surface area (Å²) in [5.74, 6) is -0.436. The van der Waals surface area contributed by atoms with E-state index in [9.17, 15) is 9.59 Å². The molecule has 0 unspecified atom stereocenters. The number of anilines is 1. The van der Waals surface area contributed by atoms with Gasteiger partial charge in [0.1, 0.15) is 6.54 Å². The molecule has 0 atom stereocenters. The molecule has 0 saturated heterocycles. The Morgan fingerprint density at radius 3 is 2.89 bits per heavy atom. The van der Waals surface area contributed by atoms with Crippen LogP contribution in [-0.2, 0) is 11.3 Å². The van der Waals surface area contributed by atoms with Crippen LogP contribution in [0.3, 0.4) is 0 Å². The van der Waals surface area contributed by atoms with Crippen LogP contribution in [0.25, 0.3) is 0 Å². The SMILES string of the molecule is O=C1CN(C(=O)c2ccno2)Cc2ccccc2N1. The lowest BCUT2D eigenvalue weighted by molar-refractivity contribution is -0.116. The number of benzene rings is 1. The van der Waals surface area contributed by atoms with Crippen molar-refractivity contribution in [2.75, 3.05) is 11.9 Å². The number of carbonyl (C=O) groups is 2. The lowest BCUT2D eigenvalue weighted by atomic mass is 10.1. The molecule has 3 rings (SSSR count). The Morgan fingerprint density at radius 2 is 2.11 bits per heavy atom. The van der Waals surface area contributed by atoms with Crippen molar-refractivity contribution in [1.82, 2.24) is 10.1 Å². The Morgan fingerprint density at radius 1 is 1.26 bits per heavy atom. The number of hydrogen-bond donors (Lipinski definition) is 1. The minimum absolute atomic E-state index is 0.00574. The van der Waals surface area contributed by atoms with Gasteiger partial charge in [-0.15, -0.1) is 0 Å². The minimum Gasteiger partial charge on any atom is -0.351 e. The molecule has 1 aliphatic heterocycles. The molecule has 96 valence electrons. The Labute approximate surface area is 109 Å². The standard InChI is InChI=1S/C13H11N3O3/c17-12-8-16(13(18)11-5-6-14-19-11)7-9-3-1-2-4-10(9)15-12/h1-6H,7-8H2,(H,15,17). The van der Waals surface area contributed by atoms with Crippen LogP contribution in [0.2, 0.25) is 0 Å². The van der Waals surface area contributed by atoms with Gasteiger partial charge in [-0.2, -0.15) is 0 Å². The van der Waals surface area contributed by atoms with Crippen LogP contribution < -0.4 is 5.32 Å². The molecular weight excluding hydrogens is 246 g/mol. The zero-order valence-electron chi connectivity index (χ0n) is 10.00. The molecule has 6 heteroatoms. The van der Waals surface area contributed by atoms with Gasteiger partial charge in [0.25, 0.3) is 5.91 Å². The maximum absolute atomic E-state index is 12.2. The molecule has 0 bridgehead atoms. The molecule has 1 aromatic carbocycles. The number of hydrogen-bond acceptors (Lipinski definition) is 4. The number of aromatic nitrogens is 1. The van der Waals surface area contributed by atoms with Gasteiger partial charge >= 0.3 is 0 Å². The summed E-state index contributed by atoms with van der Waals surface area (Å²) in [5, 5.41) is 6.28. The number of carbonyl (C=O) groups excluding carboxylic acids is 2.